The molecule has 27 heavy (non-hydrogen) atoms. The molecule has 0 aliphatic heterocycles. The van der Waals surface area contributed by atoms with E-state index in [2.05, 4.69) is 31.3 Å². The summed E-state index contributed by atoms with van der Waals surface area (Å²) in [6.07, 6.45) is 5.42. The molecule has 0 spiro atoms. The maximum absolute atomic E-state index is 9.91. The van der Waals surface area contributed by atoms with Crippen molar-refractivity contribution in [1.29, 1.82) is 0 Å². The summed E-state index contributed by atoms with van der Waals surface area (Å²) in [6.45, 7) is 4.98. The SMILES string of the molecule is CCCCCc1cc(OC)c(CC(C)NCc2ccccc2O)cc1OC. The Hall–Kier alpha value is -2.20. The molecule has 0 heterocycles. The molecule has 2 rings (SSSR count). The van der Waals surface area contributed by atoms with Crippen LogP contribution < -0.4 is 14.8 Å². The average molecular weight is 372 g/mol. The molecule has 0 aliphatic carbocycles. The summed E-state index contributed by atoms with van der Waals surface area (Å²) in [7, 11) is 3.45. The molecule has 0 aliphatic rings. The zero-order valence-electron chi connectivity index (χ0n) is 17.0. The topological polar surface area (TPSA) is 50.7 Å². The van der Waals surface area contributed by atoms with E-state index in [1.165, 1.54) is 18.4 Å². The van der Waals surface area contributed by atoms with Crippen LogP contribution in [0.2, 0.25) is 0 Å². The minimum Gasteiger partial charge on any atom is -0.508 e. The van der Waals surface area contributed by atoms with E-state index in [0.717, 1.165) is 41.9 Å². The number of unbranched alkanes of at least 4 members (excludes halogenated alkanes) is 2. The number of rotatable bonds is 11. The molecule has 0 saturated heterocycles. The zero-order chi connectivity index (χ0) is 19.6. The van der Waals surface area contributed by atoms with Gasteiger partial charge in [0.15, 0.2) is 0 Å². The number of ether oxygens (including phenoxy) is 2. The zero-order valence-corrected chi connectivity index (χ0v) is 17.0. The molecule has 0 radical (unpaired) electrons. The predicted octanol–water partition coefficient (Wildman–Crippen LogP) is 4.86. The Morgan fingerprint density at radius 3 is 2.30 bits per heavy atom. The Morgan fingerprint density at radius 1 is 0.963 bits per heavy atom. The van der Waals surface area contributed by atoms with E-state index in [1.807, 2.05) is 18.2 Å². The lowest BCUT2D eigenvalue weighted by Crippen LogP contribution is -2.27. The molecule has 1 atom stereocenters. The Bertz CT molecular complexity index is 715. The van der Waals surface area contributed by atoms with Gasteiger partial charge < -0.3 is 19.9 Å². The van der Waals surface area contributed by atoms with Gasteiger partial charge in [-0.15, -0.1) is 0 Å². The van der Waals surface area contributed by atoms with E-state index < -0.39 is 0 Å². The summed E-state index contributed by atoms with van der Waals surface area (Å²) < 4.78 is 11.3. The maximum Gasteiger partial charge on any atom is 0.122 e. The number of aromatic hydroxyl groups is 1. The lowest BCUT2D eigenvalue weighted by Gasteiger charge is -2.19. The van der Waals surface area contributed by atoms with Gasteiger partial charge in [0.1, 0.15) is 17.2 Å². The van der Waals surface area contributed by atoms with Crippen LogP contribution in [0.3, 0.4) is 0 Å². The standard InChI is InChI=1S/C23H33NO3/c1-5-6-7-10-18-14-23(27-4)20(15-22(18)26-3)13-17(2)24-16-19-11-8-9-12-21(19)25/h8-9,11-12,14-15,17,24-25H,5-7,10,13,16H2,1-4H3. The highest BCUT2D eigenvalue weighted by Crippen LogP contribution is 2.31. The third-order valence-electron chi connectivity index (χ3n) is 4.89. The van der Waals surface area contributed by atoms with Crippen LogP contribution in [0, 0.1) is 0 Å². The molecule has 2 aromatic carbocycles. The van der Waals surface area contributed by atoms with Gasteiger partial charge in [0.05, 0.1) is 14.2 Å². The molecular formula is C23H33NO3. The second-order valence-corrected chi connectivity index (χ2v) is 7.05. The molecule has 2 N–H and O–H groups in total. The monoisotopic (exact) mass is 371 g/mol. The average Bonchev–Trinajstić information content (AvgIpc) is 2.68. The molecule has 0 fully saturated rings. The van der Waals surface area contributed by atoms with Gasteiger partial charge in [0.2, 0.25) is 0 Å². The Balaban J connectivity index is 2.06. The van der Waals surface area contributed by atoms with Gasteiger partial charge in [-0.2, -0.15) is 0 Å². The van der Waals surface area contributed by atoms with Gasteiger partial charge >= 0.3 is 0 Å². The second kappa shape index (κ2) is 10.8. The van der Waals surface area contributed by atoms with E-state index >= 15 is 0 Å². The van der Waals surface area contributed by atoms with E-state index in [4.69, 9.17) is 9.47 Å². The van der Waals surface area contributed by atoms with Crippen molar-refractivity contribution < 1.29 is 14.6 Å². The van der Waals surface area contributed by atoms with Crippen LogP contribution in [0.25, 0.3) is 0 Å². The van der Waals surface area contributed by atoms with Crippen molar-refractivity contribution in [1.82, 2.24) is 5.32 Å². The number of benzene rings is 2. The third-order valence-corrected chi connectivity index (χ3v) is 4.89. The largest absolute Gasteiger partial charge is 0.508 e. The van der Waals surface area contributed by atoms with E-state index in [9.17, 15) is 5.11 Å². The van der Waals surface area contributed by atoms with Gasteiger partial charge in [-0.25, -0.2) is 0 Å². The minimum absolute atomic E-state index is 0.231. The number of phenolic OH excluding ortho intramolecular Hbond substituents is 1. The first kappa shape index (κ1) is 21.1. The molecule has 148 valence electrons. The fourth-order valence-electron chi connectivity index (χ4n) is 3.29. The fourth-order valence-corrected chi connectivity index (χ4v) is 3.29. The van der Waals surface area contributed by atoms with E-state index in [1.54, 1.807) is 20.3 Å². The van der Waals surface area contributed by atoms with Gasteiger partial charge in [-0.05, 0) is 55.5 Å². The summed E-state index contributed by atoms with van der Waals surface area (Å²) in [5.74, 6) is 2.18. The molecule has 2 aromatic rings. The number of hydrogen-bond donors (Lipinski definition) is 2. The number of nitrogens with one attached hydrogen (secondary N) is 1. The Labute approximate surface area is 163 Å². The summed E-state index contributed by atoms with van der Waals surface area (Å²) in [4.78, 5) is 0. The fraction of sp³-hybridized carbons (Fsp3) is 0.478. The van der Waals surface area contributed by atoms with Gasteiger partial charge in [-0.1, -0.05) is 38.0 Å². The van der Waals surface area contributed by atoms with Crippen molar-refractivity contribution in [2.24, 2.45) is 0 Å². The molecular weight excluding hydrogens is 338 g/mol. The second-order valence-electron chi connectivity index (χ2n) is 7.05. The Morgan fingerprint density at radius 2 is 1.63 bits per heavy atom. The van der Waals surface area contributed by atoms with Crippen LogP contribution in [-0.4, -0.2) is 25.4 Å². The number of aryl methyl sites for hydroxylation is 1. The van der Waals surface area contributed by atoms with Crippen LogP contribution in [0.4, 0.5) is 0 Å². The van der Waals surface area contributed by atoms with E-state index in [-0.39, 0.29) is 6.04 Å². The van der Waals surface area contributed by atoms with Crippen LogP contribution in [-0.2, 0) is 19.4 Å². The molecule has 0 saturated carbocycles. The lowest BCUT2D eigenvalue weighted by atomic mass is 9.99. The van der Waals surface area contributed by atoms with Crippen LogP contribution >= 0.6 is 0 Å². The van der Waals surface area contributed by atoms with Crippen LogP contribution in [0.5, 0.6) is 17.2 Å². The summed E-state index contributed by atoms with van der Waals surface area (Å²) in [6, 6.07) is 11.9. The summed E-state index contributed by atoms with van der Waals surface area (Å²) in [5, 5.41) is 13.4. The van der Waals surface area contributed by atoms with Crippen LogP contribution in [0.1, 0.15) is 49.8 Å². The van der Waals surface area contributed by atoms with Crippen molar-refractivity contribution >= 4 is 0 Å². The highest BCUT2D eigenvalue weighted by molar-refractivity contribution is 5.47. The molecule has 4 heteroatoms. The minimum atomic E-state index is 0.231. The predicted molar refractivity (Wildman–Crippen MR) is 111 cm³/mol. The summed E-state index contributed by atoms with van der Waals surface area (Å²) in [5.41, 5.74) is 3.24. The highest BCUT2D eigenvalue weighted by Gasteiger charge is 2.14. The smallest absolute Gasteiger partial charge is 0.122 e. The van der Waals surface area contributed by atoms with Crippen molar-refractivity contribution in [2.45, 2.75) is 58.5 Å². The van der Waals surface area contributed by atoms with Gasteiger partial charge in [0, 0.05) is 18.2 Å². The van der Waals surface area contributed by atoms with Crippen molar-refractivity contribution in [2.75, 3.05) is 14.2 Å². The molecule has 4 nitrogen and oxygen atoms in total. The van der Waals surface area contributed by atoms with Crippen LogP contribution in [0.15, 0.2) is 36.4 Å². The normalized spacial score (nSPS) is 12.0. The highest BCUT2D eigenvalue weighted by atomic mass is 16.5. The van der Waals surface area contributed by atoms with Gasteiger partial charge in [0.25, 0.3) is 0 Å². The van der Waals surface area contributed by atoms with Crippen molar-refractivity contribution in [3.05, 3.63) is 53.1 Å². The Kier molecular flexibility index (Phi) is 8.46. The first-order valence-corrected chi connectivity index (χ1v) is 9.83. The molecule has 0 aromatic heterocycles. The first-order valence-electron chi connectivity index (χ1n) is 9.83. The maximum atomic E-state index is 9.91. The van der Waals surface area contributed by atoms with Crippen molar-refractivity contribution in [3.63, 3.8) is 0 Å². The lowest BCUT2D eigenvalue weighted by molar-refractivity contribution is 0.391. The van der Waals surface area contributed by atoms with Crippen molar-refractivity contribution in [3.8, 4) is 17.2 Å². The number of methoxy groups -OCH3 is 2. The van der Waals surface area contributed by atoms with Gasteiger partial charge in [-0.3, -0.25) is 0 Å². The number of para-hydroxylation sites is 1. The summed E-state index contributed by atoms with van der Waals surface area (Å²) >= 11 is 0. The number of phenols is 1. The molecule has 1 unspecified atom stereocenters. The third kappa shape index (κ3) is 6.17. The van der Waals surface area contributed by atoms with E-state index in [0.29, 0.717) is 12.3 Å². The molecule has 0 amide bonds. The molecule has 0 bridgehead atoms. The number of hydrogen-bond acceptors (Lipinski definition) is 4. The quantitative estimate of drug-likeness (QED) is 0.554. The first-order chi connectivity index (χ1) is 13.1.